The van der Waals surface area contributed by atoms with E-state index in [-0.39, 0.29) is 5.91 Å². The lowest BCUT2D eigenvalue weighted by atomic mass is 10.2. The zero-order valence-electron chi connectivity index (χ0n) is 15.6. The predicted molar refractivity (Wildman–Crippen MR) is 106 cm³/mol. The van der Waals surface area contributed by atoms with Crippen LogP contribution in [0.5, 0.6) is 0 Å². The lowest BCUT2D eigenvalue weighted by Gasteiger charge is -2.17. The first-order valence-electron chi connectivity index (χ1n) is 8.63. The van der Waals surface area contributed by atoms with Crippen LogP contribution in [0.25, 0.3) is 0 Å². The zero-order valence-corrected chi connectivity index (χ0v) is 15.6. The number of aromatic nitrogens is 2. The molecule has 0 radical (unpaired) electrons. The Morgan fingerprint density at radius 3 is 2.39 bits per heavy atom. The third kappa shape index (κ3) is 4.70. The molecule has 0 saturated carbocycles. The molecule has 7 heteroatoms. The molecule has 0 unspecified atom stereocenters. The van der Waals surface area contributed by atoms with Gasteiger partial charge in [0.2, 0.25) is 5.95 Å². The summed E-state index contributed by atoms with van der Waals surface area (Å²) in [6, 6.07) is 16.5. The van der Waals surface area contributed by atoms with Gasteiger partial charge in [-0.2, -0.15) is 0 Å². The molecular weight excluding hydrogens is 356 g/mol. The molecule has 142 valence electrons. The smallest absolute Gasteiger partial charge is 0.337 e. The molecule has 0 atom stereocenters. The first-order chi connectivity index (χ1) is 13.6. The maximum atomic E-state index is 12.4. The predicted octanol–water partition coefficient (Wildman–Crippen LogP) is 3.15. The van der Waals surface area contributed by atoms with Gasteiger partial charge in [-0.15, -0.1) is 0 Å². The van der Waals surface area contributed by atoms with Crippen LogP contribution in [0.1, 0.15) is 26.3 Å². The fourth-order valence-corrected chi connectivity index (χ4v) is 2.61. The average molecular weight is 376 g/mol. The summed E-state index contributed by atoms with van der Waals surface area (Å²) in [6.07, 6.45) is 2.95. The SMILES string of the molecule is COC(=O)c1cccc(NC(=O)c2cnc(N(C)Cc3ccccc3)nc2)c1. The third-order valence-corrected chi connectivity index (χ3v) is 4.05. The van der Waals surface area contributed by atoms with Crippen LogP contribution in [0.4, 0.5) is 11.6 Å². The number of amides is 1. The van der Waals surface area contributed by atoms with E-state index in [0.29, 0.717) is 29.3 Å². The van der Waals surface area contributed by atoms with Gasteiger partial charge in [-0.25, -0.2) is 14.8 Å². The maximum absolute atomic E-state index is 12.4. The third-order valence-electron chi connectivity index (χ3n) is 4.05. The summed E-state index contributed by atoms with van der Waals surface area (Å²) in [5.41, 5.74) is 2.30. The molecule has 3 aromatic rings. The molecule has 0 spiro atoms. The van der Waals surface area contributed by atoms with Crippen molar-refractivity contribution in [2.75, 3.05) is 24.4 Å². The van der Waals surface area contributed by atoms with Crippen LogP contribution in [0.2, 0.25) is 0 Å². The van der Waals surface area contributed by atoms with E-state index in [1.165, 1.54) is 19.5 Å². The fourth-order valence-electron chi connectivity index (χ4n) is 2.61. The molecule has 1 aromatic heterocycles. The number of nitrogens with zero attached hydrogens (tertiary/aromatic N) is 3. The normalized spacial score (nSPS) is 10.2. The number of hydrogen-bond acceptors (Lipinski definition) is 6. The fraction of sp³-hybridized carbons (Fsp3) is 0.143. The van der Waals surface area contributed by atoms with Gasteiger partial charge < -0.3 is 15.0 Å². The summed E-state index contributed by atoms with van der Waals surface area (Å²) < 4.78 is 4.68. The molecule has 2 aromatic carbocycles. The molecular formula is C21H20N4O3. The molecule has 0 aliphatic rings. The summed E-state index contributed by atoms with van der Waals surface area (Å²) in [7, 11) is 3.20. The van der Waals surface area contributed by atoms with E-state index in [9.17, 15) is 9.59 Å². The topological polar surface area (TPSA) is 84.4 Å². The number of esters is 1. The first-order valence-corrected chi connectivity index (χ1v) is 8.63. The highest BCUT2D eigenvalue weighted by atomic mass is 16.5. The second-order valence-corrected chi connectivity index (χ2v) is 6.14. The Labute approximate surface area is 163 Å². The lowest BCUT2D eigenvalue weighted by Crippen LogP contribution is -2.20. The van der Waals surface area contributed by atoms with E-state index >= 15 is 0 Å². The molecule has 3 rings (SSSR count). The van der Waals surface area contributed by atoms with Gasteiger partial charge >= 0.3 is 5.97 Å². The highest BCUT2D eigenvalue weighted by molar-refractivity contribution is 6.04. The van der Waals surface area contributed by atoms with Crippen LogP contribution in [0.3, 0.4) is 0 Å². The number of carbonyl (C=O) groups excluding carboxylic acids is 2. The minimum absolute atomic E-state index is 0.320. The molecule has 0 aliphatic heterocycles. The number of benzene rings is 2. The highest BCUT2D eigenvalue weighted by Gasteiger charge is 2.12. The number of hydrogen-bond donors (Lipinski definition) is 1. The number of methoxy groups -OCH3 is 1. The van der Waals surface area contributed by atoms with Crippen LogP contribution in [-0.2, 0) is 11.3 Å². The van der Waals surface area contributed by atoms with Gasteiger partial charge in [0.25, 0.3) is 5.91 Å². The number of anilines is 2. The Morgan fingerprint density at radius 2 is 1.71 bits per heavy atom. The van der Waals surface area contributed by atoms with Crippen LogP contribution in [0.15, 0.2) is 67.0 Å². The summed E-state index contributed by atoms with van der Waals surface area (Å²) in [6.45, 7) is 0.659. The number of ether oxygens (including phenoxy) is 1. The Balaban J connectivity index is 1.66. The Kier molecular flexibility index (Phi) is 5.96. The standard InChI is InChI=1S/C21H20N4O3/c1-25(14-15-7-4-3-5-8-15)21-22-12-17(13-23-21)19(26)24-18-10-6-9-16(11-18)20(27)28-2/h3-13H,14H2,1-2H3,(H,24,26). The quantitative estimate of drug-likeness (QED) is 0.665. The molecule has 0 saturated heterocycles. The summed E-state index contributed by atoms with van der Waals surface area (Å²) in [5, 5.41) is 2.73. The van der Waals surface area contributed by atoms with Crippen molar-refractivity contribution in [1.29, 1.82) is 0 Å². The molecule has 0 bridgehead atoms. The first kappa shape index (κ1) is 19.0. The number of carbonyl (C=O) groups is 2. The van der Waals surface area contributed by atoms with Crippen LogP contribution in [-0.4, -0.2) is 36.0 Å². The molecule has 1 heterocycles. The van der Waals surface area contributed by atoms with Crippen LogP contribution < -0.4 is 10.2 Å². The molecule has 28 heavy (non-hydrogen) atoms. The molecule has 0 aliphatic carbocycles. The maximum Gasteiger partial charge on any atom is 0.337 e. The second kappa shape index (κ2) is 8.77. The lowest BCUT2D eigenvalue weighted by molar-refractivity contribution is 0.0600. The van der Waals surface area contributed by atoms with Crippen molar-refractivity contribution in [1.82, 2.24) is 9.97 Å². The summed E-state index contributed by atoms with van der Waals surface area (Å²) >= 11 is 0. The molecule has 7 nitrogen and oxygen atoms in total. The second-order valence-electron chi connectivity index (χ2n) is 6.14. The number of rotatable bonds is 6. The van der Waals surface area contributed by atoms with E-state index in [1.807, 2.05) is 42.3 Å². The van der Waals surface area contributed by atoms with E-state index in [0.717, 1.165) is 5.56 Å². The van der Waals surface area contributed by atoms with Gasteiger partial charge in [-0.05, 0) is 23.8 Å². The summed E-state index contributed by atoms with van der Waals surface area (Å²) in [5.74, 6) is -0.308. The van der Waals surface area contributed by atoms with Gasteiger partial charge in [0.1, 0.15) is 0 Å². The van der Waals surface area contributed by atoms with E-state index in [1.54, 1.807) is 24.3 Å². The Bertz CT molecular complexity index is 959. The Morgan fingerprint density at radius 1 is 1.00 bits per heavy atom. The van der Waals surface area contributed by atoms with Gasteiger partial charge in [0.15, 0.2) is 0 Å². The molecule has 0 fully saturated rings. The van der Waals surface area contributed by atoms with Gasteiger partial charge in [-0.3, -0.25) is 4.79 Å². The van der Waals surface area contributed by atoms with E-state index in [4.69, 9.17) is 0 Å². The van der Waals surface area contributed by atoms with Gasteiger partial charge in [0.05, 0.1) is 18.2 Å². The van der Waals surface area contributed by atoms with Crippen molar-refractivity contribution in [2.24, 2.45) is 0 Å². The molecule has 1 N–H and O–H groups in total. The molecule has 1 amide bonds. The van der Waals surface area contributed by atoms with Gasteiger partial charge in [0, 0.05) is 31.7 Å². The van der Waals surface area contributed by atoms with Crippen molar-refractivity contribution >= 4 is 23.5 Å². The van der Waals surface area contributed by atoms with Crippen molar-refractivity contribution in [3.05, 3.63) is 83.7 Å². The average Bonchev–Trinajstić information content (AvgIpc) is 2.74. The zero-order chi connectivity index (χ0) is 19.9. The van der Waals surface area contributed by atoms with Crippen molar-refractivity contribution in [3.8, 4) is 0 Å². The van der Waals surface area contributed by atoms with Crippen molar-refractivity contribution in [2.45, 2.75) is 6.54 Å². The van der Waals surface area contributed by atoms with Crippen molar-refractivity contribution < 1.29 is 14.3 Å². The van der Waals surface area contributed by atoms with E-state index < -0.39 is 5.97 Å². The minimum atomic E-state index is -0.467. The monoisotopic (exact) mass is 376 g/mol. The van der Waals surface area contributed by atoms with Crippen LogP contribution >= 0.6 is 0 Å². The summed E-state index contributed by atoms with van der Waals surface area (Å²) in [4.78, 5) is 34.5. The minimum Gasteiger partial charge on any atom is -0.465 e. The Hall–Kier alpha value is -3.74. The van der Waals surface area contributed by atoms with Crippen molar-refractivity contribution in [3.63, 3.8) is 0 Å². The number of nitrogens with one attached hydrogen (secondary N) is 1. The van der Waals surface area contributed by atoms with Crippen LogP contribution in [0, 0.1) is 0 Å². The highest BCUT2D eigenvalue weighted by Crippen LogP contribution is 2.14. The van der Waals surface area contributed by atoms with E-state index in [2.05, 4.69) is 20.0 Å². The van der Waals surface area contributed by atoms with Gasteiger partial charge in [-0.1, -0.05) is 36.4 Å². The largest absolute Gasteiger partial charge is 0.465 e.